The Morgan fingerprint density at radius 1 is 0.958 bits per heavy atom. The average Bonchev–Trinajstić information content (AvgIpc) is 2.56. The van der Waals surface area contributed by atoms with Crippen LogP contribution in [0, 0.1) is 5.82 Å². The Morgan fingerprint density at radius 3 is 2.17 bits per heavy atom. The van der Waals surface area contributed by atoms with Gasteiger partial charge in [0, 0.05) is 20.1 Å². The first-order valence-electron chi connectivity index (χ1n) is 7.23. The largest absolute Gasteiger partial charge is 0.416 e. The Labute approximate surface area is 137 Å². The molecule has 0 saturated heterocycles. The van der Waals surface area contributed by atoms with Crippen LogP contribution >= 0.6 is 0 Å². The van der Waals surface area contributed by atoms with Crippen LogP contribution in [0.2, 0.25) is 0 Å². The molecule has 2 aromatic rings. The van der Waals surface area contributed by atoms with Crippen molar-refractivity contribution in [2.75, 3.05) is 7.05 Å². The Kier molecular flexibility index (Phi) is 5.78. The van der Waals surface area contributed by atoms with E-state index in [1.54, 1.807) is 25.2 Å². The molecule has 0 saturated carbocycles. The normalized spacial score (nSPS) is 12.1. The lowest BCUT2D eigenvalue weighted by atomic mass is 10.1. The van der Waals surface area contributed by atoms with E-state index in [0.29, 0.717) is 18.1 Å². The molecule has 0 fully saturated rings. The fourth-order valence-corrected chi connectivity index (χ4v) is 2.05. The van der Waals surface area contributed by atoms with Gasteiger partial charge >= 0.3 is 6.18 Å². The topological polar surface area (TPSA) is 36.4 Å². The van der Waals surface area contributed by atoms with Crippen molar-refractivity contribution in [1.29, 1.82) is 0 Å². The quantitative estimate of drug-likeness (QED) is 0.506. The molecule has 0 heterocycles. The lowest BCUT2D eigenvalue weighted by Gasteiger charge is -2.13. The van der Waals surface area contributed by atoms with E-state index in [1.165, 1.54) is 18.2 Å². The Hall–Kier alpha value is -2.57. The molecule has 0 amide bonds. The van der Waals surface area contributed by atoms with Crippen LogP contribution in [-0.2, 0) is 19.3 Å². The maximum atomic E-state index is 12.8. The zero-order chi connectivity index (χ0) is 17.6. The van der Waals surface area contributed by atoms with Crippen LogP contribution in [0.25, 0.3) is 0 Å². The summed E-state index contributed by atoms with van der Waals surface area (Å²) in [4.78, 5) is 4.01. The molecule has 0 aliphatic rings. The SMILES string of the molecule is CN=C(NCc1ccc(F)cc1)NCc1cccc(C(F)(F)F)c1. The fourth-order valence-electron chi connectivity index (χ4n) is 2.05. The molecule has 24 heavy (non-hydrogen) atoms. The van der Waals surface area contributed by atoms with Gasteiger partial charge in [-0.05, 0) is 35.4 Å². The van der Waals surface area contributed by atoms with Gasteiger partial charge in [-0.3, -0.25) is 4.99 Å². The summed E-state index contributed by atoms with van der Waals surface area (Å²) in [5.41, 5.74) is 0.670. The Balaban J connectivity index is 1.91. The van der Waals surface area contributed by atoms with Crippen LogP contribution in [0.15, 0.2) is 53.5 Å². The van der Waals surface area contributed by atoms with Crippen molar-refractivity contribution in [2.45, 2.75) is 19.3 Å². The minimum absolute atomic E-state index is 0.201. The minimum Gasteiger partial charge on any atom is -0.352 e. The molecule has 0 unspecified atom stereocenters. The Bertz CT molecular complexity index is 694. The van der Waals surface area contributed by atoms with Gasteiger partial charge in [-0.1, -0.05) is 24.3 Å². The predicted octanol–water partition coefficient (Wildman–Crippen LogP) is 3.71. The summed E-state index contributed by atoms with van der Waals surface area (Å²) in [5.74, 6) is 0.127. The van der Waals surface area contributed by atoms with Gasteiger partial charge < -0.3 is 10.6 Å². The van der Waals surface area contributed by atoms with E-state index in [-0.39, 0.29) is 12.4 Å². The zero-order valence-corrected chi connectivity index (χ0v) is 13.0. The molecule has 0 spiro atoms. The average molecular weight is 339 g/mol. The van der Waals surface area contributed by atoms with Crippen LogP contribution in [0.3, 0.4) is 0 Å². The van der Waals surface area contributed by atoms with Gasteiger partial charge in [0.2, 0.25) is 0 Å². The van der Waals surface area contributed by atoms with Gasteiger partial charge in [0.05, 0.1) is 5.56 Å². The molecule has 2 rings (SSSR count). The number of benzene rings is 2. The third-order valence-electron chi connectivity index (χ3n) is 3.31. The van der Waals surface area contributed by atoms with Gasteiger partial charge in [-0.15, -0.1) is 0 Å². The van der Waals surface area contributed by atoms with Crippen LogP contribution < -0.4 is 10.6 Å². The van der Waals surface area contributed by atoms with Crippen LogP contribution in [0.4, 0.5) is 17.6 Å². The lowest BCUT2D eigenvalue weighted by Crippen LogP contribution is -2.36. The van der Waals surface area contributed by atoms with Crippen molar-refractivity contribution in [1.82, 2.24) is 10.6 Å². The van der Waals surface area contributed by atoms with E-state index in [1.807, 2.05) is 0 Å². The molecule has 7 heteroatoms. The number of guanidine groups is 1. The molecular formula is C17H17F4N3. The van der Waals surface area contributed by atoms with Crippen LogP contribution in [-0.4, -0.2) is 13.0 Å². The molecule has 0 radical (unpaired) electrons. The molecular weight excluding hydrogens is 322 g/mol. The number of hydrogen-bond donors (Lipinski definition) is 2. The number of nitrogens with one attached hydrogen (secondary N) is 2. The molecule has 2 N–H and O–H groups in total. The van der Waals surface area contributed by atoms with Crippen molar-refractivity contribution >= 4 is 5.96 Å². The smallest absolute Gasteiger partial charge is 0.352 e. The number of rotatable bonds is 4. The number of nitrogens with zero attached hydrogens (tertiary/aromatic N) is 1. The number of halogens is 4. The van der Waals surface area contributed by atoms with Crippen molar-refractivity contribution in [2.24, 2.45) is 4.99 Å². The van der Waals surface area contributed by atoms with Gasteiger partial charge in [0.1, 0.15) is 5.82 Å². The molecule has 0 aliphatic carbocycles. The molecule has 2 aromatic carbocycles. The maximum Gasteiger partial charge on any atom is 0.416 e. The molecule has 0 aliphatic heterocycles. The highest BCUT2D eigenvalue weighted by Gasteiger charge is 2.30. The molecule has 3 nitrogen and oxygen atoms in total. The minimum atomic E-state index is -4.36. The Morgan fingerprint density at radius 2 is 1.58 bits per heavy atom. The summed E-state index contributed by atoms with van der Waals surface area (Å²) >= 11 is 0. The van der Waals surface area contributed by atoms with Gasteiger partial charge in [0.15, 0.2) is 5.96 Å². The third-order valence-corrected chi connectivity index (χ3v) is 3.31. The number of aliphatic imine (C=N–C) groups is 1. The van der Waals surface area contributed by atoms with Crippen molar-refractivity contribution in [3.63, 3.8) is 0 Å². The summed E-state index contributed by atoms with van der Waals surface area (Å²) in [6.07, 6.45) is -4.36. The van der Waals surface area contributed by atoms with Crippen LogP contribution in [0.1, 0.15) is 16.7 Å². The standard InChI is InChI=1S/C17H17F4N3/c1-22-16(23-10-12-5-7-15(18)8-6-12)24-11-13-3-2-4-14(9-13)17(19,20)21/h2-9H,10-11H2,1H3,(H2,22,23,24). The second-order valence-corrected chi connectivity index (χ2v) is 5.10. The van der Waals surface area contributed by atoms with Gasteiger partial charge in [0.25, 0.3) is 0 Å². The maximum absolute atomic E-state index is 12.8. The van der Waals surface area contributed by atoms with Gasteiger partial charge in [-0.2, -0.15) is 13.2 Å². The monoisotopic (exact) mass is 339 g/mol. The summed E-state index contributed by atoms with van der Waals surface area (Å²) in [7, 11) is 1.56. The highest BCUT2D eigenvalue weighted by atomic mass is 19.4. The number of hydrogen-bond acceptors (Lipinski definition) is 1. The van der Waals surface area contributed by atoms with Crippen LogP contribution in [0.5, 0.6) is 0 Å². The number of alkyl halides is 3. The first-order valence-corrected chi connectivity index (χ1v) is 7.23. The van der Waals surface area contributed by atoms with E-state index >= 15 is 0 Å². The van der Waals surface area contributed by atoms with E-state index in [0.717, 1.165) is 17.7 Å². The molecule has 0 aromatic heterocycles. The molecule has 128 valence electrons. The zero-order valence-electron chi connectivity index (χ0n) is 13.0. The van der Waals surface area contributed by atoms with E-state index < -0.39 is 11.7 Å². The second kappa shape index (κ2) is 7.81. The van der Waals surface area contributed by atoms with E-state index in [4.69, 9.17) is 0 Å². The molecule has 0 atom stereocenters. The highest BCUT2D eigenvalue weighted by molar-refractivity contribution is 5.79. The second-order valence-electron chi connectivity index (χ2n) is 5.10. The predicted molar refractivity (Wildman–Crippen MR) is 84.9 cm³/mol. The summed E-state index contributed by atoms with van der Waals surface area (Å²) in [6.45, 7) is 0.621. The van der Waals surface area contributed by atoms with Crippen molar-refractivity contribution in [3.8, 4) is 0 Å². The van der Waals surface area contributed by atoms with E-state index in [2.05, 4.69) is 15.6 Å². The lowest BCUT2D eigenvalue weighted by molar-refractivity contribution is -0.137. The summed E-state index contributed by atoms with van der Waals surface area (Å²) in [6, 6.07) is 11.1. The fraction of sp³-hybridized carbons (Fsp3) is 0.235. The van der Waals surface area contributed by atoms with E-state index in [9.17, 15) is 17.6 Å². The highest BCUT2D eigenvalue weighted by Crippen LogP contribution is 2.29. The summed E-state index contributed by atoms with van der Waals surface area (Å²) < 4.78 is 50.9. The summed E-state index contributed by atoms with van der Waals surface area (Å²) in [5, 5.41) is 5.96. The third kappa shape index (κ3) is 5.26. The first kappa shape index (κ1) is 17.8. The van der Waals surface area contributed by atoms with Crippen molar-refractivity contribution in [3.05, 3.63) is 71.0 Å². The first-order chi connectivity index (χ1) is 11.4. The van der Waals surface area contributed by atoms with Gasteiger partial charge in [-0.25, -0.2) is 4.39 Å². The van der Waals surface area contributed by atoms with Crippen molar-refractivity contribution < 1.29 is 17.6 Å². The molecule has 0 bridgehead atoms.